The topological polar surface area (TPSA) is 40.6 Å². The molecule has 0 aliphatic carbocycles. The van der Waals surface area contributed by atoms with Gasteiger partial charge < -0.3 is 9.80 Å². The molecule has 0 aromatic heterocycles. The molecule has 0 bridgehead atoms. The van der Waals surface area contributed by atoms with Gasteiger partial charge in [-0.15, -0.1) is 0 Å². The van der Waals surface area contributed by atoms with Crippen molar-refractivity contribution in [2.24, 2.45) is 0 Å². The van der Waals surface area contributed by atoms with E-state index in [1.54, 1.807) is 0 Å². The molecule has 0 saturated carbocycles. The Hall–Kier alpha value is -3.40. The van der Waals surface area contributed by atoms with E-state index in [2.05, 4.69) is 19.9 Å². The smallest absolute Gasteiger partial charge is 0.258 e. The van der Waals surface area contributed by atoms with Crippen LogP contribution in [0.3, 0.4) is 0 Å². The van der Waals surface area contributed by atoms with Crippen LogP contribution in [0.4, 0.5) is 11.4 Å². The molecule has 0 N–H and O–H groups in total. The summed E-state index contributed by atoms with van der Waals surface area (Å²) in [6, 6.07) is 27.1. The van der Waals surface area contributed by atoms with Crippen LogP contribution in [0, 0.1) is 0 Å². The first-order valence-electron chi connectivity index (χ1n) is 11.5. The maximum atomic E-state index is 13.8. The minimum absolute atomic E-state index is 0.00552. The van der Waals surface area contributed by atoms with Crippen LogP contribution in [0.1, 0.15) is 61.5 Å². The maximum Gasteiger partial charge on any atom is 0.258 e. The van der Waals surface area contributed by atoms with E-state index in [9.17, 15) is 9.59 Å². The van der Waals surface area contributed by atoms with Crippen molar-refractivity contribution in [2.75, 3.05) is 9.80 Å². The standard InChI is InChI=1S/C28H30N2O2/c1-3-4-19-27(31)29-21(2)20-26(24-17-11-12-18-25(24)29)30(23-15-9-6-10-16-23)28(32)22-13-7-5-8-14-22/h5-18,21,26H,3-4,19-20H2,1-2H3/t21-,26+/m0/s1. The molecular weight excluding hydrogens is 396 g/mol. The molecule has 0 unspecified atom stereocenters. The van der Waals surface area contributed by atoms with E-state index in [1.165, 1.54) is 0 Å². The molecule has 0 radical (unpaired) electrons. The number of hydrogen-bond acceptors (Lipinski definition) is 2. The summed E-state index contributed by atoms with van der Waals surface area (Å²) in [4.78, 5) is 30.7. The van der Waals surface area contributed by atoms with E-state index in [0.717, 1.165) is 29.8 Å². The minimum atomic E-state index is -0.161. The zero-order chi connectivity index (χ0) is 22.5. The van der Waals surface area contributed by atoms with Gasteiger partial charge in [0.1, 0.15) is 0 Å². The third-order valence-corrected chi connectivity index (χ3v) is 6.16. The number of unbranched alkanes of at least 4 members (excludes halogenated alkanes) is 1. The van der Waals surface area contributed by atoms with Crippen LogP contribution in [0.15, 0.2) is 84.9 Å². The number of para-hydroxylation sites is 2. The largest absolute Gasteiger partial charge is 0.309 e. The lowest BCUT2D eigenvalue weighted by Crippen LogP contribution is -2.47. The summed E-state index contributed by atoms with van der Waals surface area (Å²) in [5, 5.41) is 0. The van der Waals surface area contributed by atoms with Gasteiger partial charge in [-0.2, -0.15) is 0 Å². The molecule has 4 nitrogen and oxygen atoms in total. The van der Waals surface area contributed by atoms with Gasteiger partial charge in [0.05, 0.1) is 6.04 Å². The van der Waals surface area contributed by atoms with E-state index < -0.39 is 0 Å². The van der Waals surface area contributed by atoms with Crippen molar-refractivity contribution in [3.8, 4) is 0 Å². The summed E-state index contributed by atoms with van der Waals surface area (Å²) in [5.74, 6) is 0.125. The van der Waals surface area contributed by atoms with Gasteiger partial charge in [-0.25, -0.2) is 0 Å². The Morgan fingerprint density at radius 3 is 2.22 bits per heavy atom. The molecule has 164 valence electrons. The SMILES string of the molecule is CCCCC(=O)N1c2ccccc2[C@H](N(C(=O)c2ccccc2)c2ccccc2)C[C@@H]1C. The van der Waals surface area contributed by atoms with E-state index in [4.69, 9.17) is 0 Å². The summed E-state index contributed by atoms with van der Waals surface area (Å²) in [7, 11) is 0. The van der Waals surface area contributed by atoms with Gasteiger partial charge >= 0.3 is 0 Å². The molecule has 32 heavy (non-hydrogen) atoms. The number of carbonyl (C=O) groups is 2. The molecule has 0 spiro atoms. The summed E-state index contributed by atoms with van der Waals surface area (Å²) < 4.78 is 0. The van der Waals surface area contributed by atoms with Crippen molar-refractivity contribution in [3.05, 3.63) is 96.1 Å². The molecule has 4 heteroatoms. The van der Waals surface area contributed by atoms with E-state index in [-0.39, 0.29) is 23.9 Å². The Morgan fingerprint density at radius 2 is 1.53 bits per heavy atom. The number of amides is 2. The van der Waals surface area contributed by atoms with Crippen LogP contribution < -0.4 is 9.80 Å². The number of fused-ring (bicyclic) bond motifs is 1. The first-order valence-corrected chi connectivity index (χ1v) is 11.5. The van der Waals surface area contributed by atoms with E-state index in [1.807, 2.05) is 88.7 Å². The third-order valence-electron chi connectivity index (χ3n) is 6.16. The highest BCUT2D eigenvalue weighted by molar-refractivity contribution is 6.07. The van der Waals surface area contributed by atoms with Crippen molar-refractivity contribution in [3.63, 3.8) is 0 Å². The van der Waals surface area contributed by atoms with Gasteiger partial charge in [0.2, 0.25) is 5.91 Å². The second-order valence-corrected chi connectivity index (χ2v) is 8.40. The molecule has 4 rings (SSSR count). The molecule has 2 amide bonds. The van der Waals surface area contributed by atoms with Crippen LogP contribution >= 0.6 is 0 Å². The predicted octanol–water partition coefficient (Wildman–Crippen LogP) is 6.39. The summed E-state index contributed by atoms with van der Waals surface area (Å²) in [6.45, 7) is 4.19. The van der Waals surface area contributed by atoms with Crippen molar-refractivity contribution < 1.29 is 9.59 Å². The van der Waals surface area contributed by atoms with Crippen molar-refractivity contribution in [2.45, 2.75) is 51.6 Å². The first-order chi connectivity index (χ1) is 15.6. The van der Waals surface area contributed by atoms with Crippen LogP contribution in [0.2, 0.25) is 0 Å². The fourth-order valence-electron chi connectivity index (χ4n) is 4.60. The van der Waals surface area contributed by atoms with Gasteiger partial charge in [-0.05, 0) is 55.7 Å². The summed E-state index contributed by atoms with van der Waals surface area (Å²) in [5.41, 5.74) is 3.45. The molecule has 0 fully saturated rings. The Morgan fingerprint density at radius 1 is 0.906 bits per heavy atom. The third kappa shape index (κ3) is 4.31. The Labute approximate surface area is 190 Å². The fraction of sp³-hybridized carbons (Fsp3) is 0.286. The lowest BCUT2D eigenvalue weighted by molar-refractivity contribution is -0.119. The average Bonchev–Trinajstić information content (AvgIpc) is 2.84. The van der Waals surface area contributed by atoms with Crippen LogP contribution in [0.25, 0.3) is 0 Å². The van der Waals surface area contributed by atoms with E-state index >= 15 is 0 Å². The van der Waals surface area contributed by atoms with E-state index in [0.29, 0.717) is 18.4 Å². The van der Waals surface area contributed by atoms with Crippen molar-refractivity contribution in [1.29, 1.82) is 0 Å². The minimum Gasteiger partial charge on any atom is -0.309 e. The van der Waals surface area contributed by atoms with Gasteiger partial charge in [-0.1, -0.05) is 67.9 Å². The fourth-order valence-corrected chi connectivity index (χ4v) is 4.60. The Kier molecular flexibility index (Phi) is 6.69. The zero-order valence-electron chi connectivity index (χ0n) is 18.8. The summed E-state index contributed by atoms with van der Waals surface area (Å²) >= 11 is 0. The molecule has 1 aliphatic rings. The molecule has 1 heterocycles. The average molecular weight is 427 g/mol. The molecular formula is C28H30N2O2. The number of benzene rings is 3. The van der Waals surface area contributed by atoms with Gasteiger partial charge in [-0.3, -0.25) is 9.59 Å². The number of nitrogens with zero attached hydrogens (tertiary/aromatic N) is 2. The summed E-state index contributed by atoms with van der Waals surface area (Å²) in [6.07, 6.45) is 3.11. The number of anilines is 2. The number of rotatable bonds is 6. The Bertz CT molecular complexity index is 1070. The molecule has 3 aromatic rings. The van der Waals surface area contributed by atoms with Crippen molar-refractivity contribution >= 4 is 23.2 Å². The highest BCUT2D eigenvalue weighted by Gasteiger charge is 2.38. The molecule has 0 saturated heterocycles. The Balaban J connectivity index is 1.79. The maximum absolute atomic E-state index is 13.8. The highest BCUT2D eigenvalue weighted by Crippen LogP contribution is 2.43. The van der Waals surface area contributed by atoms with Gasteiger partial charge in [0.15, 0.2) is 0 Å². The number of hydrogen-bond donors (Lipinski definition) is 0. The second-order valence-electron chi connectivity index (χ2n) is 8.40. The quantitative estimate of drug-likeness (QED) is 0.458. The van der Waals surface area contributed by atoms with Crippen molar-refractivity contribution in [1.82, 2.24) is 0 Å². The zero-order valence-corrected chi connectivity index (χ0v) is 18.8. The number of carbonyl (C=O) groups excluding carboxylic acids is 2. The molecule has 1 aliphatic heterocycles. The van der Waals surface area contributed by atoms with Gasteiger partial charge in [0.25, 0.3) is 5.91 Å². The van der Waals surface area contributed by atoms with Crippen LogP contribution in [0.5, 0.6) is 0 Å². The molecule has 3 aromatic carbocycles. The van der Waals surface area contributed by atoms with Crippen LogP contribution in [-0.4, -0.2) is 17.9 Å². The van der Waals surface area contributed by atoms with Gasteiger partial charge in [0, 0.05) is 29.4 Å². The normalized spacial score (nSPS) is 17.5. The van der Waals surface area contributed by atoms with Crippen LogP contribution in [-0.2, 0) is 4.79 Å². The molecule has 2 atom stereocenters. The lowest BCUT2D eigenvalue weighted by atomic mass is 9.89. The predicted molar refractivity (Wildman–Crippen MR) is 130 cm³/mol. The monoisotopic (exact) mass is 426 g/mol. The second kappa shape index (κ2) is 9.82. The lowest BCUT2D eigenvalue weighted by Gasteiger charge is -2.43. The first kappa shape index (κ1) is 21.8. The highest BCUT2D eigenvalue weighted by atomic mass is 16.2.